The molecule has 1 N–H and O–H groups in total. The molecule has 1 fully saturated rings. The number of ether oxygens (including phenoxy) is 1. The summed E-state index contributed by atoms with van der Waals surface area (Å²) in [6.07, 6.45) is -4.81. The molecule has 0 radical (unpaired) electrons. The number of amides is 3. The summed E-state index contributed by atoms with van der Waals surface area (Å²) in [5.41, 5.74) is -0.643. The smallest absolute Gasteiger partial charge is 0.418 e. The highest BCUT2D eigenvalue weighted by atomic mass is 32.2. The Morgan fingerprint density at radius 2 is 1.60 bits per heavy atom. The van der Waals surface area contributed by atoms with Crippen LogP contribution in [0.4, 0.5) is 24.5 Å². The van der Waals surface area contributed by atoms with Crippen molar-refractivity contribution in [2.75, 3.05) is 17.3 Å². The van der Waals surface area contributed by atoms with E-state index in [-0.39, 0.29) is 6.54 Å². The number of fused-ring (bicyclic) bond motifs is 2. The van der Waals surface area contributed by atoms with E-state index >= 15 is 0 Å². The minimum Gasteiger partial charge on any atom is -0.496 e. The molecule has 4 aromatic rings. The number of hydrogen-bond acceptors (Lipinski definition) is 7. The highest BCUT2D eigenvalue weighted by molar-refractivity contribution is 8.00. The zero-order valence-electron chi connectivity index (χ0n) is 22.3. The van der Waals surface area contributed by atoms with Crippen LogP contribution in [0, 0.1) is 5.92 Å². The van der Waals surface area contributed by atoms with E-state index in [0.29, 0.717) is 31.8 Å². The predicted octanol–water partition coefficient (Wildman–Crippen LogP) is 5.37. The number of thiazole rings is 1. The first kappa shape index (κ1) is 28.7. The van der Waals surface area contributed by atoms with Gasteiger partial charge in [-0.05, 0) is 30.3 Å². The Morgan fingerprint density at radius 1 is 0.930 bits per heavy atom. The van der Waals surface area contributed by atoms with Crippen molar-refractivity contribution in [1.29, 1.82) is 0 Å². The lowest BCUT2D eigenvalue weighted by atomic mass is 9.82. The van der Waals surface area contributed by atoms with E-state index in [1.165, 1.54) is 23.8 Å². The minimum atomic E-state index is -4.81. The second-order valence-electron chi connectivity index (χ2n) is 9.85. The van der Waals surface area contributed by atoms with Crippen LogP contribution in [-0.2, 0) is 27.1 Å². The van der Waals surface area contributed by atoms with Crippen molar-refractivity contribution in [1.82, 2.24) is 4.57 Å². The molecule has 8 nitrogen and oxygen atoms in total. The van der Waals surface area contributed by atoms with Gasteiger partial charge in [0.2, 0.25) is 17.7 Å². The summed E-state index contributed by atoms with van der Waals surface area (Å²) in [4.78, 5) is 54.7. The topological polar surface area (TPSA) is 97.7 Å². The van der Waals surface area contributed by atoms with E-state index in [1.54, 1.807) is 54.6 Å². The van der Waals surface area contributed by atoms with Crippen LogP contribution in [0.15, 0.2) is 88.7 Å². The van der Waals surface area contributed by atoms with Gasteiger partial charge in [0.25, 0.3) is 0 Å². The highest BCUT2D eigenvalue weighted by Crippen LogP contribution is 2.55. The van der Waals surface area contributed by atoms with E-state index in [0.717, 1.165) is 35.2 Å². The van der Waals surface area contributed by atoms with Gasteiger partial charge >= 0.3 is 11.0 Å². The van der Waals surface area contributed by atoms with E-state index in [2.05, 4.69) is 5.32 Å². The maximum Gasteiger partial charge on any atom is 0.418 e. The predicted molar refractivity (Wildman–Crippen MR) is 156 cm³/mol. The van der Waals surface area contributed by atoms with Crippen molar-refractivity contribution in [2.24, 2.45) is 5.92 Å². The number of nitrogens with one attached hydrogen (secondary N) is 1. The summed E-state index contributed by atoms with van der Waals surface area (Å²) in [7, 11) is 1.43. The van der Waals surface area contributed by atoms with Crippen molar-refractivity contribution in [3.8, 4) is 5.75 Å². The van der Waals surface area contributed by atoms with E-state index < -0.39 is 57.1 Å². The Labute approximate surface area is 251 Å². The third-order valence-corrected chi connectivity index (χ3v) is 9.94. The van der Waals surface area contributed by atoms with Crippen LogP contribution in [0.25, 0.3) is 0 Å². The number of para-hydroxylation sites is 3. The lowest BCUT2D eigenvalue weighted by molar-refractivity contribution is -0.137. The molecule has 3 aromatic carbocycles. The number of thioether (sulfide) groups is 1. The molecule has 3 heterocycles. The summed E-state index contributed by atoms with van der Waals surface area (Å²) in [6.45, 7) is -0.370. The van der Waals surface area contributed by atoms with Crippen LogP contribution >= 0.6 is 23.1 Å². The Morgan fingerprint density at radius 3 is 2.33 bits per heavy atom. The lowest BCUT2D eigenvalue weighted by Gasteiger charge is -2.31. The van der Waals surface area contributed by atoms with Gasteiger partial charge in [-0.2, -0.15) is 13.2 Å². The van der Waals surface area contributed by atoms with Gasteiger partial charge < -0.3 is 10.1 Å². The second kappa shape index (κ2) is 11.0. The van der Waals surface area contributed by atoms with Gasteiger partial charge in [-0.3, -0.25) is 23.7 Å². The molecule has 220 valence electrons. The number of rotatable bonds is 6. The molecule has 0 aliphatic carbocycles. The maximum atomic E-state index is 14.0. The molecule has 0 bridgehead atoms. The number of carbonyl (C=O) groups is 3. The molecule has 6 rings (SSSR count). The van der Waals surface area contributed by atoms with Crippen LogP contribution in [0.1, 0.15) is 21.9 Å². The fraction of sp³-hybridized carbons (Fsp3) is 0.200. The van der Waals surface area contributed by atoms with Crippen LogP contribution < -0.4 is 19.8 Å². The molecule has 3 amide bonds. The molecule has 2 aliphatic rings. The first-order chi connectivity index (χ1) is 20.6. The van der Waals surface area contributed by atoms with Crippen LogP contribution in [0.5, 0.6) is 5.75 Å². The molecule has 3 atom stereocenters. The number of anilines is 2. The normalized spacial score (nSPS) is 19.6. The molecule has 0 spiro atoms. The van der Waals surface area contributed by atoms with Crippen molar-refractivity contribution in [3.63, 3.8) is 0 Å². The van der Waals surface area contributed by atoms with E-state index in [9.17, 15) is 32.3 Å². The fourth-order valence-electron chi connectivity index (χ4n) is 5.53. The van der Waals surface area contributed by atoms with Gasteiger partial charge in [-0.15, -0.1) is 0 Å². The quantitative estimate of drug-likeness (QED) is 0.290. The molecule has 2 aliphatic heterocycles. The Bertz CT molecular complexity index is 1800. The molecule has 0 saturated carbocycles. The Balaban J connectivity index is 1.47. The molecular weight excluding hydrogens is 603 g/mol. The molecule has 3 unspecified atom stereocenters. The average molecular weight is 626 g/mol. The summed E-state index contributed by atoms with van der Waals surface area (Å²) in [6, 6.07) is 19.9. The number of imide groups is 1. The van der Waals surface area contributed by atoms with Crippen molar-refractivity contribution < 1.29 is 32.3 Å². The van der Waals surface area contributed by atoms with Gasteiger partial charge in [0.15, 0.2) is 0 Å². The summed E-state index contributed by atoms with van der Waals surface area (Å²) in [5.74, 6) is -3.77. The largest absolute Gasteiger partial charge is 0.496 e. The molecule has 13 heteroatoms. The first-order valence-corrected chi connectivity index (χ1v) is 14.7. The average Bonchev–Trinajstić information content (AvgIpc) is 3.43. The first-order valence-electron chi connectivity index (χ1n) is 13.0. The number of carbonyl (C=O) groups excluding carboxylic acids is 3. The Hall–Kier alpha value is -4.36. The van der Waals surface area contributed by atoms with Gasteiger partial charge in [0.1, 0.15) is 17.5 Å². The SMILES string of the molecule is COc1ccccc1C1c2sc(=O)n(CC(=O)Nc3ccccc3)c2SC2C(=O)N(c3ccccc3C(F)(F)F)C(=O)C21. The molecule has 1 aromatic heterocycles. The summed E-state index contributed by atoms with van der Waals surface area (Å²) >= 11 is 1.75. The Kier molecular flexibility index (Phi) is 7.38. The zero-order chi connectivity index (χ0) is 30.5. The number of aromatic nitrogens is 1. The maximum absolute atomic E-state index is 14.0. The van der Waals surface area contributed by atoms with E-state index in [4.69, 9.17) is 4.74 Å². The number of alkyl halides is 3. The van der Waals surface area contributed by atoms with Gasteiger partial charge in [-0.25, -0.2) is 4.90 Å². The van der Waals surface area contributed by atoms with Gasteiger partial charge in [0.05, 0.1) is 29.3 Å². The molecule has 43 heavy (non-hydrogen) atoms. The summed E-state index contributed by atoms with van der Waals surface area (Å²) in [5, 5.41) is 1.88. The number of halogens is 3. The fourth-order valence-corrected chi connectivity index (χ4v) is 8.29. The standard InChI is InChI=1S/C30H22F3N3O5S2/c1-41-20-14-8-5-11-17(20)22-23-24(27(39)36(26(23)38)19-13-7-6-12-18(19)30(31,32)33)42-28-25(22)43-29(40)35(28)15-21(37)34-16-9-3-2-4-10-16/h2-14,22-24H,15H2,1H3,(H,34,37). The molecular formula is C30H22F3N3O5S2. The highest BCUT2D eigenvalue weighted by Gasteiger charge is 2.58. The van der Waals surface area contributed by atoms with Gasteiger partial charge in [-0.1, -0.05) is 71.6 Å². The number of hydrogen-bond donors (Lipinski definition) is 1. The third-order valence-electron chi connectivity index (χ3n) is 7.33. The van der Waals surface area contributed by atoms with Crippen LogP contribution in [-0.4, -0.2) is 34.6 Å². The van der Waals surface area contributed by atoms with Crippen molar-refractivity contribution >= 4 is 52.2 Å². The van der Waals surface area contributed by atoms with Crippen LogP contribution in [0.2, 0.25) is 0 Å². The number of methoxy groups -OCH3 is 1. The monoisotopic (exact) mass is 625 g/mol. The lowest BCUT2D eigenvalue weighted by Crippen LogP contribution is -2.33. The van der Waals surface area contributed by atoms with Crippen LogP contribution in [0.3, 0.4) is 0 Å². The van der Waals surface area contributed by atoms with Crippen molar-refractivity contribution in [2.45, 2.75) is 28.9 Å². The summed E-state index contributed by atoms with van der Waals surface area (Å²) < 4.78 is 48.7. The van der Waals surface area contributed by atoms with Gasteiger partial charge in [0, 0.05) is 22.0 Å². The second-order valence-corrected chi connectivity index (χ2v) is 12.0. The molecule has 1 saturated heterocycles. The zero-order valence-corrected chi connectivity index (χ0v) is 24.0. The number of benzene rings is 3. The number of nitrogens with zero attached hydrogens (tertiary/aromatic N) is 2. The van der Waals surface area contributed by atoms with E-state index in [1.807, 2.05) is 0 Å². The third kappa shape index (κ3) is 5.01. The van der Waals surface area contributed by atoms with Crippen molar-refractivity contribution in [3.05, 3.63) is 105 Å². The minimum absolute atomic E-state index is 0.308.